The molecule has 0 fully saturated rings. The van der Waals surface area contributed by atoms with E-state index in [-0.39, 0.29) is 48.9 Å². The van der Waals surface area contributed by atoms with Crippen LogP contribution in [0.3, 0.4) is 0 Å². The van der Waals surface area contributed by atoms with Crippen LogP contribution in [0.15, 0.2) is 53.1 Å². The normalized spacial score (nSPS) is 12.6. The fourth-order valence-electron chi connectivity index (χ4n) is 3.37. The number of aromatic nitrogens is 1. The minimum atomic E-state index is -0.341. The Bertz CT molecular complexity index is 1200. The van der Waals surface area contributed by atoms with Crippen LogP contribution in [-0.2, 0) is 11.3 Å². The summed E-state index contributed by atoms with van der Waals surface area (Å²) in [7, 11) is 0. The summed E-state index contributed by atoms with van der Waals surface area (Å²) >= 11 is 0. The maximum absolute atomic E-state index is 12.7. The minimum Gasteiger partial charge on any atom is -0.485 e. The molecule has 2 amide bonds. The summed E-state index contributed by atoms with van der Waals surface area (Å²) in [6.07, 6.45) is 2.06. The zero-order valence-corrected chi connectivity index (χ0v) is 19.0. The monoisotopic (exact) mass is 463 g/mol. The van der Waals surface area contributed by atoms with E-state index in [0.717, 1.165) is 12.0 Å². The molecule has 1 N–H and O–H groups in total. The van der Waals surface area contributed by atoms with Gasteiger partial charge in [0.15, 0.2) is 24.7 Å². The summed E-state index contributed by atoms with van der Waals surface area (Å²) in [6.45, 7) is 4.14. The average Bonchev–Trinajstić information content (AvgIpc) is 3.32. The molecule has 0 unspecified atom stereocenters. The maximum atomic E-state index is 12.7. The number of Topliss-reactive ketones (excluding diaryl/α,β-unsaturated/α-hetero) is 1. The van der Waals surface area contributed by atoms with Crippen molar-refractivity contribution in [3.8, 4) is 11.5 Å². The lowest BCUT2D eigenvalue weighted by atomic mass is 10.1. The van der Waals surface area contributed by atoms with Crippen LogP contribution in [0.5, 0.6) is 11.5 Å². The second-order valence-corrected chi connectivity index (χ2v) is 7.86. The fraction of sp³-hybridized carbons (Fsp3) is 0.280. The van der Waals surface area contributed by atoms with Crippen LogP contribution in [0.1, 0.15) is 45.6 Å². The Hall–Kier alpha value is -4.14. The highest BCUT2D eigenvalue weighted by atomic mass is 16.5. The van der Waals surface area contributed by atoms with Gasteiger partial charge >= 0.3 is 0 Å². The van der Waals surface area contributed by atoms with Crippen molar-refractivity contribution in [1.82, 2.24) is 10.3 Å². The Morgan fingerprint density at radius 2 is 1.97 bits per heavy atom. The number of amides is 2. The number of benzene rings is 2. The molecule has 0 aliphatic carbocycles. The standard InChI is InChI=1S/C25H25N3O6/c1-3-10-26-25(31)19-13-34-23(27-19)12-28-20-11-17(6-9-22(20)33-15-24(28)30)21(29)14-32-18-7-4-16(2)5-8-18/h4-9,11,13H,3,10,12,14-15H2,1-2H3,(H,26,31). The SMILES string of the molecule is CCCNC(=O)c1coc(CN2C(=O)COc3ccc(C(=O)COc4ccc(C)cc4)cc32)n1. The number of ether oxygens (including phenoxy) is 2. The number of oxazole rings is 1. The average molecular weight is 463 g/mol. The largest absolute Gasteiger partial charge is 0.485 e. The summed E-state index contributed by atoms with van der Waals surface area (Å²) in [5, 5.41) is 2.73. The number of hydrogen-bond acceptors (Lipinski definition) is 7. The predicted molar refractivity (Wildman–Crippen MR) is 123 cm³/mol. The van der Waals surface area contributed by atoms with Crippen LogP contribution in [0, 0.1) is 6.92 Å². The number of hydrogen-bond donors (Lipinski definition) is 1. The highest BCUT2D eigenvalue weighted by molar-refractivity contribution is 6.02. The number of carbonyl (C=O) groups excluding carboxylic acids is 3. The molecule has 0 radical (unpaired) electrons. The number of aryl methyl sites for hydroxylation is 1. The van der Waals surface area contributed by atoms with Gasteiger partial charge in [-0.25, -0.2) is 4.98 Å². The zero-order chi connectivity index (χ0) is 24.1. The molecule has 0 saturated carbocycles. The Morgan fingerprint density at radius 1 is 1.18 bits per heavy atom. The smallest absolute Gasteiger partial charge is 0.273 e. The van der Waals surface area contributed by atoms with E-state index in [2.05, 4.69) is 10.3 Å². The minimum absolute atomic E-state index is 0.00619. The molecule has 0 bridgehead atoms. The van der Waals surface area contributed by atoms with E-state index in [9.17, 15) is 14.4 Å². The Labute approximate surface area is 196 Å². The van der Waals surface area contributed by atoms with Crippen LogP contribution in [0.2, 0.25) is 0 Å². The quantitative estimate of drug-likeness (QED) is 0.485. The number of ketones is 1. The Kier molecular flexibility index (Phi) is 6.91. The van der Waals surface area contributed by atoms with Crippen LogP contribution in [0.25, 0.3) is 0 Å². The van der Waals surface area contributed by atoms with Crippen molar-refractivity contribution in [2.45, 2.75) is 26.8 Å². The molecule has 1 aromatic heterocycles. The third kappa shape index (κ3) is 5.25. The highest BCUT2D eigenvalue weighted by Gasteiger charge is 2.28. The van der Waals surface area contributed by atoms with E-state index in [1.165, 1.54) is 11.2 Å². The maximum Gasteiger partial charge on any atom is 0.273 e. The number of rotatable bonds is 9. The summed E-state index contributed by atoms with van der Waals surface area (Å²) in [5.74, 6) is 0.354. The lowest BCUT2D eigenvalue weighted by Gasteiger charge is -2.28. The highest BCUT2D eigenvalue weighted by Crippen LogP contribution is 2.34. The predicted octanol–water partition coefficient (Wildman–Crippen LogP) is 3.31. The van der Waals surface area contributed by atoms with Gasteiger partial charge in [-0.2, -0.15) is 0 Å². The van der Waals surface area contributed by atoms with E-state index < -0.39 is 0 Å². The molecule has 2 aromatic carbocycles. The van der Waals surface area contributed by atoms with Gasteiger partial charge in [0.05, 0.1) is 5.69 Å². The van der Waals surface area contributed by atoms with Gasteiger partial charge < -0.3 is 19.2 Å². The van der Waals surface area contributed by atoms with E-state index in [1.54, 1.807) is 30.3 Å². The first-order valence-corrected chi connectivity index (χ1v) is 11.0. The number of carbonyl (C=O) groups is 3. The van der Waals surface area contributed by atoms with Crippen molar-refractivity contribution in [1.29, 1.82) is 0 Å². The van der Waals surface area contributed by atoms with Crippen LogP contribution < -0.4 is 19.7 Å². The lowest BCUT2D eigenvalue weighted by molar-refractivity contribution is -0.121. The molecule has 9 heteroatoms. The summed E-state index contributed by atoms with van der Waals surface area (Å²) in [6, 6.07) is 12.3. The number of nitrogens with one attached hydrogen (secondary N) is 1. The molecule has 2 heterocycles. The molecular weight excluding hydrogens is 438 g/mol. The first-order chi connectivity index (χ1) is 16.4. The van der Waals surface area contributed by atoms with Crippen molar-refractivity contribution in [2.24, 2.45) is 0 Å². The summed E-state index contributed by atoms with van der Waals surface area (Å²) < 4.78 is 16.5. The zero-order valence-electron chi connectivity index (χ0n) is 19.0. The molecule has 4 rings (SSSR count). The van der Waals surface area contributed by atoms with Gasteiger partial charge in [-0.1, -0.05) is 24.6 Å². The summed E-state index contributed by atoms with van der Waals surface area (Å²) in [5.41, 5.74) is 2.04. The number of fused-ring (bicyclic) bond motifs is 1. The van der Waals surface area contributed by atoms with E-state index in [1.807, 2.05) is 26.0 Å². The topological polar surface area (TPSA) is 111 Å². The third-order valence-electron chi connectivity index (χ3n) is 5.23. The molecule has 176 valence electrons. The molecule has 34 heavy (non-hydrogen) atoms. The molecule has 9 nitrogen and oxygen atoms in total. The van der Waals surface area contributed by atoms with Crippen molar-refractivity contribution in [3.63, 3.8) is 0 Å². The third-order valence-corrected chi connectivity index (χ3v) is 5.23. The van der Waals surface area contributed by atoms with Gasteiger partial charge in [0.1, 0.15) is 24.3 Å². The van der Waals surface area contributed by atoms with Crippen LogP contribution >= 0.6 is 0 Å². The fourth-order valence-corrected chi connectivity index (χ4v) is 3.37. The van der Waals surface area contributed by atoms with Gasteiger partial charge in [-0.15, -0.1) is 0 Å². The molecule has 3 aromatic rings. The second kappa shape index (κ2) is 10.2. The van der Waals surface area contributed by atoms with E-state index >= 15 is 0 Å². The van der Waals surface area contributed by atoms with Crippen molar-refractivity contribution >= 4 is 23.3 Å². The Balaban J connectivity index is 1.49. The molecular formula is C25H25N3O6. The molecule has 0 saturated heterocycles. The first kappa shape index (κ1) is 23.0. The van der Waals surface area contributed by atoms with Crippen LogP contribution in [-0.4, -0.2) is 42.3 Å². The van der Waals surface area contributed by atoms with Crippen molar-refractivity contribution < 1.29 is 28.3 Å². The van der Waals surface area contributed by atoms with Gasteiger partial charge in [-0.05, 0) is 43.7 Å². The molecule has 0 atom stereocenters. The van der Waals surface area contributed by atoms with E-state index in [0.29, 0.717) is 29.3 Å². The first-order valence-electron chi connectivity index (χ1n) is 11.0. The van der Waals surface area contributed by atoms with Crippen LogP contribution in [0.4, 0.5) is 5.69 Å². The van der Waals surface area contributed by atoms with Gasteiger partial charge in [-0.3, -0.25) is 19.3 Å². The van der Waals surface area contributed by atoms with Crippen molar-refractivity contribution in [2.75, 3.05) is 24.7 Å². The Morgan fingerprint density at radius 3 is 2.74 bits per heavy atom. The van der Waals surface area contributed by atoms with Crippen molar-refractivity contribution in [3.05, 3.63) is 71.4 Å². The number of nitrogens with zero attached hydrogens (tertiary/aromatic N) is 2. The second-order valence-electron chi connectivity index (χ2n) is 7.86. The number of anilines is 1. The molecule has 0 spiro atoms. The van der Waals surface area contributed by atoms with E-state index in [4.69, 9.17) is 13.9 Å². The van der Waals surface area contributed by atoms with Gasteiger partial charge in [0.2, 0.25) is 5.89 Å². The molecule has 1 aliphatic rings. The van der Waals surface area contributed by atoms with Gasteiger partial charge in [0.25, 0.3) is 11.8 Å². The molecule has 1 aliphatic heterocycles. The van der Waals surface area contributed by atoms with Gasteiger partial charge in [0, 0.05) is 12.1 Å². The summed E-state index contributed by atoms with van der Waals surface area (Å²) in [4.78, 5) is 43.0. The lowest BCUT2D eigenvalue weighted by Crippen LogP contribution is -2.38.